The molecule has 0 radical (unpaired) electrons. The number of anilines is 4. The molecule has 0 aliphatic carbocycles. The van der Waals surface area contributed by atoms with Crippen molar-refractivity contribution in [2.45, 2.75) is 6.18 Å². The topological polar surface area (TPSA) is 96.8 Å². The molecule has 0 amide bonds. The van der Waals surface area contributed by atoms with E-state index in [0.717, 1.165) is 28.8 Å². The number of hydrogen-bond acceptors (Lipinski definition) is 9. The molecule has 1 aliphatic heterocycles. The molecule has 1 saturated heterocycles. The second kappa shape index (κ2) is 12.7. The number of ether oxygens (including phenoxy) is 2. The van der Waals surface area contributed by atoms with Gasteiger partial charge in [0.05, 0.1) is 32.1 Å². The van der Waals surface area contributed by atoms with Crippen molar-refractivity contribution in [2.24, 2.45) is 5.10 Å². The van der Waals surface area contributed by atoms with Crippen LogP contribution in [0.15, 0.2) is 84.0 Å². The Balaban J connectivity index is 1.26. The Bertz CT molecular complexity index is 1860. The Kier molecular flexibility index (Phi) is 8.43. The van der Waals surface area contributed by atoms with Crippen molar-refractivity contribution < 1.29 is 27.0 Å². The normalized spacial score (nSPS) is 13.8. The molecule has 1 aromatic heterocycles. The number of nitrogens with zero attached hydrogens (tertiary/aromatic N) is 5. The van der Waals surface area contributed by atoms with Gasteiger partial charge in [0, 0.05) is 24.2 Å². The summed E-state index contributed by atoms with van der Waals surface area (Å²) in [5, 5.41) is 8.35. The van der Waals surface area contributed by atoms with E-state index in [-0.39, 0.29) is 23.4 Å². The third-order valence-corrected chi connectivity index (χ3v) is 7.11. The number of halogens is 4. The lowest BCUT2D eigenvalue weighted by atomic mass is 9.96. The van der Waals surface area contributed by atoms with E-state index in [4.69, 9.17) is 9.47 Å². The number of rotatable bonds is 8. The van der Waals surface area contributed by atoms with Gasteiger partial charge in [0.1, 0.15) is 11.6 Å². The Morgan fingerprint density at radius 3 is 2.49 bits per heavy atom. The summed E-state index contributed by atoms with van der Waals surface area (Å²) in [6, 6.07) is 20.7. The number of nitrogens with one attached hydrogen (secondary N) is 2. The van der Waals surface area contributed by atoms with E-state index in [1.165, 1.54) is 18.2 Å². The lowest BCUT2D eigenvalue weighted by Gasteiger charge is -2.27. The molecule has 2 heterocycles. The number of hydrogen-bond donors (Lipinski definition) is 2. The number of benzene rings is 4. The first kappa shape index (κ1) is 29.8. The van der Waals surface area contributed by atoms with Gasteiger partial charge in [-0.3, -0.25) is 0 Å². The summed E-state index contributed by atoms with van der Waals surface area (Å²) >= 11 is 0. The first-order valence-electron chi connectivity index (χ1n) is 14.0. The van der Waals surface area contributed by atoms with Gasteiger partial charge >= 0.3 is 6.18 Å². The van der Waals surface area contributed by atoms with Crippen molar-refractivity contribution in [3.63, 3.8) is 0 Å². The predicted molar refractivity (Wildman–Crippen MR) is 165 cm³/mol. The molecule has 9 nitrogen and oxygen atoms in total. The van der Waals surface area contributed by atoms with Gasteiger partial charge in [-0.05, 0) is 70.6 Å². The Morgan fingerprint density at radius 2 is 1.69 bits per heavy atom. The SMILES string of the molecule is COc1ccc2c(F)ccc(-c3cccc(/C=N/Nc4nc(Nc5cccc(C(F)(F)F)c5)nc(N5CCOCC5)n4)c3)c2c1. The fraction of sp³-hybridized carbons (Fsp3) is 0.188. The second-order valence-electron chi connectivity index (χ2n) is 10.1. The average molecular weight is 618 g/mol. The molecule has 6 rings (SSSR count). The lowest BCUT2D eigenvalue weighted by Crippen LogP contribution is -2.37. The first-order chi connectivity index (χ1) is 21.8. The zero-order chi connectivity index (χ0) is 31.4. The summed E-state index contributed by atoms with van der Waals surface area (Å²) in [6.07, 6.45) is -2.92. The Morgan fingerprint density at radius 1 is 0.889 bits per heavy atom. The van der Waals surface area contributed by atoms with Crippen molar-refractivity contribution in [3.05, 3.63) is 95.8 Å². The highest BCUT2D eigenvalue weighted by atomic mass is 19.4. The fourth-order valence-electron chi connectivity index (χ4n) is 4.90. The van der Waals surface area contributed by atoms with Gasteiger partial charge in [-0.25, -0.2) is 9.82 Å². The molecule has 0 saturated carbocycles. The summed E-state index contributed by atoms with van der Waals surface area (Å²) in [4.78, 5) is 15.1. The van der Waals surface area contributed by atoms with E-state index >= 15 is 0 Å². The molecule has 0 bridgehead atoms. The van der Waals surface area contributed by atoms with Gasteiger partial charge in [-0.15, -0.1) is 0 Å². The second-order valence-corrected chi connectivity index (χ2v) is 10.1. The summed E-state index contributed by atoms with van der Waals surface area (Å²) in [7, 11) is 1.56. The fourth-order valence-corrected chi connectivity index (χ4v) is 4.90. The van der Waals surface area contributed by atoms with E-state index in [1.807, 2.05) is 29.2 Å². The van der Waals surface area contributed by atoms with Gasteiger partial charge in [0.2, 0.25) is 17.8 Å². The van der Waals surface area contributed by atoms with E-state index in [0.29, 0.717) is 48.8 Å². The molecular weight excluding hydrogens is 590 g/mol. The van der Waals surface area contributed by atoms with Crippen LogP contribution in [-0.2, 0) is 10.9 Å². The molecule has 2 N–H and O–H groups in total. The van der Waals surface area contributed by atoms with Crippen molar-refractivity contribution in [1.82, 2.24) is 15.0 Å². The molecule has 0 unspecified atom stereocenters. The largest absolute Gasteiger partial charge is 0.497 e. The predicted octanol–water partition coefficient (Wildman–Crippen LogP) is 6.88. The molecule has 4 aromatic carbocycles. The number of fused-ring (bicyclic) bond motifs is 1. The van der Waals surface area contributed by atoms with Gasteiger partial charge in [0.15, 0.2) is 0 Å². The van der Waals surface area contributed by atoms with Crippen molar-refractivity contribution >= 4 is 40.5 Å². The van der Waals surface area contributed by atoms with Crippen LogP contribution < -0.4 is 20.4 Å². The maximum absolute atomic E-state index is 14.5. The first-order valence-corrected chi connectivity index (χ1v) is 14.0. The maximum atomic E-state index is 14.5. The number of methoxy groups -OCH3 is 1. The van der Waals surface area contributed by atoms with Crippen molar-refractivity contribution in [1.29, 1.82) is 0 Å². The van der Waals surface area contributed by atoms with Crippen LogP contribution in [0.2, 0.25) is 0 Å². The quantitative estimate of drug-likeness (QED) is 0.111. The monoisotopic (exact) mass is 617 g/mol. The van der Waals surface area contributed by atoms with Gasteiger partial charge in [0.25, 0.3) is 0 Å². The van der Waals surface area contributed by atoms with Crippen LogP contribution in [0, 0.1) is 5.82 Å². The summed E-state index contributed by atoms with van der Waals surface area (Å²) in [6.45, 7) is 2.03. The van der Waals surface area contributed by atoms with Crippen LogP contribution in [0.4, 0.5) is 41.1 Å². The smallest absolute Gasteiger partial charge is 0.416 e. The van der Waals surface area contributed by atoms with Crippen LogP contribution in [-0.4, -0.2) is 54.6 Å². The minimum absolute atomic E-state index is 0.0455. The van der Waals surface area contributed by atoms with Crippen molar-refractivity contribution in [3.8, 4) is 16.9 Å². The highest BCUT2D eigenvalue weighted by Gasteiger charge is 2.30. The van der Waals surface area contributed by atoms with Crippen LogP contribution in [0.1, 0.15) is 11.1 Å². The minimum atomic E-state index is -4.49. The van der Waals surface area contributed by atoms with Gasteiger partial charge in [-0.1, -0.05) is 30.3 Å². The zero-order valence-electron chi connectivity index (χ0n) is 24.0. The number of alkyl halides is 3. The molecule has 0 atom stereocenters. The molecule has 1 aliphatic rings. The van der Waals surface area contributed by atoms with Crippen LogP contribution in [0.3, 0.4) is 0 Å². The van der Waals surface area contributed by atoms with Crippen molar-refractivity contribution in [2.75, 3.05) is 49.1 Å². The number of hydrazone groups is 1. The highest BCUT2D eigenvalue weighted by Crippen LogP contribution is 2.34. The summed E-state index contributed by atoms with van der Waals surface area (Å²) in [5.74, 6) is 0.747. The summed E-state index contributed by atoms with van der Waals surface area (Å²) in [5.41, 5.74) is 4.59. The molecule has 1 fully saturated rings. The molecule has 5 aromatic rings. The van der Waals surface area contributed by atoms with Gasteiger partial charge in [-0.2, -0.15) is 33.2 Å². The van der Waals surface area contributed by atoms with E-state index in [1.54, 1.807) is 37.6 Å². The molecular formula is C32H27F4N7O2. The van der Waals surface area contributed by atoms with Crippen LogP contribution >= 0.6 is 0 Å². The molecule has 0 spiro atoms. The van der Waals surface area contributed by atoms with E-state index in [9.17, 15) is 17.6 Å². The number of morpholine rings is 1. The third kappa shape index (κ3) is 6.93. The Hall–Kier alpha value is -5.30. The zero-order valence-corrected chi connectivity index (χ0v) is 24.0. The highest BCUT2D eigenvalue weighted by molar-refractivity contribution is 5.98. The molecule has 13 heteroatoms. The number of aromatic nitrogens is 3. The van der Waals surface area contributed by atoms with Crippen LogP contribution in [0.25, 0.3) is 21.9 Å². The van der Waals surface area contributed by atoms with Crippen LogP contribution in [0.5, 0.6) is 5.75 Å². The average Bonchev–Trinajstić information content (AvgIpc) is 3.05. The van der Waals surface area contributed by atoms with E-state index < -0.39 is 11.7 Å². The minimum Gasteiger partial charge on any atom is -0.497 e. The van der Waals surface area contributed by atoms with Gasteiger partial charge < -0.3 is 19.7 Å². The summed E-state index contributed by atoms with van der Waals surface area (Å²) < 4.78 is 65.1. The molecule has 230 valence electrons. The van der Waals surface area contributed by atoms with E-state index in [2.05, 4.69) is 30.8 Å². The third-order valence-electron chi connectivity index (χ3n) is 7.11. The Labute approximate surface area is 255 Å². The standard InChI is InChI=1S/C32H27F4N7O2/c1-44-24-8-9-26-27(18-24)25(10-11-28(26)33)21-5-2-4-20(16-21)19-37-42-30-39-29(40-31(41-30)43-12-14-45-15-13-43)38-23-7-3-6-22(17-23)32(34,35)36/h2-11,16-19H,12-15H2,1H3,(H2,38,39,40,41,42)/b37-19+. The maximum Gasteiger partial charge on any atom is 0.416 e. The molecule has 45 heavy (non-hydrogen) atoms. The lowest BCUT2D eigenvalue weighted by molar-refractivity contribution is -0.137.